The lowest BCUT2D eigenvalue weighted by atomic mass is 9.69. The number of anilines is 1. The highest BCUT2D eigenvalue weighted by Crippen LogP contribution is 2.38. The quantitative estimate of drug-likeness (QED) is 0.467. The highest BCUT2D eigenvalue weighted by atomic mass is 32.1. The summed E-state index contributed by atoms with van der Waals surface area (Å²) >= 11 is 5.39. The Labute approximate surface area is 158 Å². The van der Waals surface area contributed by atoms with E-state index in [4.69, 9.17) is 12.2 Å². The van der Waals surface area contributed by atoms with Gasteiger partial charge in [0.1, 0.15) is 12.0 Å². The maximum Gasteiger partial charge on any atom is 0.287 e. The molecule has 0 bridgehead atoms. The average Bonchev–Trinajstić information content (AvgIpc) is 2.68. The Kier molecular flexibility index (Phi) is 5.78. The molecule has 7 heteroatoms. The van der Waals surface area contributed by atoms with Gasteiger partial charge in [0.05, 0.1) is 4.92 Å². The normalized spacial score (nSPS) is 15.8. The van der Waals surface area contributed by atoms with E-state index in [-0.39, 0.29) is 11.1 Å². The lowest BCUT2D eigenvalue weighted by molar-refractivity contribution is -0.385. The highest BCUT2D eigenvalue weighted by Gasteiger charge is 2.33. The van der Waals surface area contributed by atoms with E-state index in [0.717, 1.165) is 19.4 Å². The number of aromatic nitrogens is 1. The second-order valence-corrected chi connectivity index (χ2v) is 7.08. The van der Waals surface area contributed by atoms with E-state index in [1.54, 1.807) is 6.07 Å². The molecule has 0 amide bonds. The molecule has 0 unspecified atom stereocenters. The predicted octanol–water partition coefficient (Wildman–Crippen LogP) is 4.18. The number of pyridine rings is 1. The number of nitrogens with zero attached hydrogens (tertiary/aromatic N) is 2. The summed E-state index contributed by atoms with van der Waals surface area (Å²) in [5.41, 5.74) is 1.40. The molecule has 0 saturated heterocycles. The van der Waals surface area contributed by atoms with Gasteiger partial charge in [0, 0.05) is 18.0 Å². The molecule has 1 aromatic heterocycles. The number of thiocarbonyl (C=S) groups is 1. The van der Waals surface area contributed by atoms with Crippen molar-refractivity contribution in [3.05, 3.63) is 64.3 Å². The fourth-order valence-corrected chi connectivity index (χ4v) is 3.74. The maximum absolute atomic E-state index is 10.7. The molecular formula is C19H22N4O2S. The van der Waals surface area contributed by atoms with E-state index >= 15 is 0 Å². The van der Waals surface area contributed by atoms with Crippen LogP contribution in [0, 0.1) is 10.1 Å². The maximum atomic E-state index is 10.7. The van der Waals surface area contributed by atoms with Crippen LogP contribution in [-0.4, -0.2) is 21.6 Å². The molecule has 6 nitrogen and oxygen atoms in total. The molecule has 1 aliphatic carbocycles. The van der Waals surface area contributed by atoms with Crippen LogP contribution in [0.15, 0.2) is 48.7 Å². The van der Waals surface area contributed by atoms with Crippen LogP contribution in [0.2, 0.25) is 0 Å². The van der Waals surface area contributed by atoms with Gasteiger partial charge in [-0.1, -0.05) is 49.6 Å². The second kappa shape index (κ2) is 8.23. The Morgan fingerprint density at radius 2 is 1.88 bits per heavy atom. The lowest BCUT2D eigenvalue weighted by Crippen LogP contribution is -2.43. The average molecular weight is 370 g/mol. The van der Waals surface area contributed by atoms with Crippen molar-refractivity contribution < 1.29 is 4.92 Å². The summed E-state index contributed by atoms with van der Waals surface area (Å²) in [6.07, 6.45) is 7.23. The molecule has 1 saturated carbocycles. The first-order chi connectivity index (χ1) is 12.6. The van der Waals surface area contributed by atoms with Gasteiger partial charge in [-0.2, -0.15) is 0 Å². The Hall–Kier alpha value is -2.54. The van der Waals surface area contributed by atoms with Crippen molar-refractivity contribution in [2.24, 2.45) is 0 Å². The molecule has 3 rings (SSSR count). The molecule has 0 spiro atoms. The molecular weight excluding hydrogens is 348 g/mol. The Bertz CT molecular complexity index is 759. The standard InChI is InChI=1S/C19H22N4O2S/c24-23(25)16-9-10-17(20-13-16)22-18(26)21-14-19(11-5-2-6-12-19)15-7-3-1-4-8-15/h1,3-4,7-10,13H,2,5-6,11-12,14H2,(H2,20,21,22,26). The molecule has 2 aromatic rings. The molecule has 136 valence electrons. The molecule has 1 fully saturated rings. The van der Waals surface area contributed by atoms with Crippen LogP contribution >= 0.6 is 12.2 Å². The van der Waals surface area contributed by atoms with Gasteiger partial charge in [0.2, 0.25) is 0 Å². The van der Waals surface area contributed by atoms with Crippen LogP contribution in [-0.2, 0) is 5.41 Å². The van der Waals surface area contributed by atoms with E-state index in [9.17, 15) is 10.1 Å². The van der Waals surface area contributed by atoms with E-state index in [2.05, 4.69) is 39.9 Å². The van der Waals surface area contributed by atoms with Crippen LogP contribution in [0.4, 0.5) is 11.5 Å². The number of benzene rings is 1. The summed E-state index contributed by atoms with van der Waals surface area (Å²) in [5.74, 6) is 0.491. The van der Waals surface area contributed by atoms with Crippen LogP contribution in [0.3, 0.4) is 0 Å². The van der Waals surface area contributed by atoms with Gasteiger partial charge < -0.3 is 10.6 Å². The van der Waals surface area contributed by atoms with Gasteiger partial charge in [-0.3, -0.25) is 10.1 Å². The molecule has 0 radical (unpaired) electrons. The summed E-state index contributed by atoms with van der Waals surface area (Å²) in [7, 11) is 0. The fraction of sp³-hybridized carbons (Fsp3) is 0.368. The molecule has 1 heterocycles. The molecule has 0 atom stereocenters. The molecule has 26 heavy (non-hydrogen) atoms. The van der Waals surface area contributed by atoms with E-state index in [1.807, 2.05) is 6.07 Å². The van der Waals surface area contributed by atoms with Crippen molar-refractivity contribution in [1.29, 1.82) is 0 Å². The van der Waals surface area contributed by atoms with Crippen LogP contribution in [0.1, 0.15) is 37.7 Å². The van der Waals surface area contributed by atoms with E-state index in [0.29, 0.717) is 10.9 Å². The second-order valence-electron chi connectivity index (χ2n) is 6.67. The summed E-state index contributed by atoms with van der Waals surface area (Å²) < 4.78 is 0. The third kappa shape index (κ3) is 4.35. The first-order valence-corrected chi connectivity index (χ1v) is 9.21. The first kappa shape index (κ1) is 18.3. The van der Waals surface area contributed by atoms with Gasteiger partial charge >= 0.3 is 0 Å². The number of hydrogen-bond acceptors (Lipinski definition) is 4. The molecule has 1 aromatic carbocycles. The fourth-order valence-electron chi connectivity index (χ4n) is 3.57. The monoisotopic (exact) mass is 370 g/mol. The van der Waals surface area contributed by atoms with Crippen molar-refractivity contribution >= 4 is 28.8 Å². The molecule has 2 N–H and O–H groups in total. The minimum Gasteiger partial charge on any atom is -0.362 e. The van der Waals surface area contributed by atoms with Gasteiger partial charge in [-0.15, -0.1) is 0 Å². The summed E-state index contributed by atoms with van der Waals surface area (Å²) in [4.78, 5) is 14.2. The van der Waals surface area contributed by atoms with Crippen LogP contribution in [0.25, 0.3) is 0 Å². The smallest absolute Gasteiger partial charge is 0.287 e. The Morgan fingerprint density at radius 3 is 2.50 bits per heavy atom. The van der Waals surface area contributed by atoms with Gasteiger partial charge in [0.25, 0.3) is 5.69 Å². The SMILES string of the molecule is O=[N+]([O-])c1ccc(NC(=S)NCC2(c3ccccc3)CCCCC2)nc1. The predicted molar refractivity (Wildman–Crippen MR) is 106 cm³/mol. The number of rotatable bonds is 5. The highest BCUT2D eigenvalue weighted by molar-refractivity contribution is 7.80. The van der Waals surface area contributed by atoms with Gasteiger partial charge in [-0.05, 0) is 36.7 Å². The largest absolute Gasteiger partial charge is 0.362 e. The van der Waals surface area contributed by atoms with Gasteiger partial charge in [-0.25, -0.2) is 4.98 Å². The topological polar surface area (TPSA) is 80.1 Å². The van der Waals surface area contributed by atoms with Crippen LogP contribution in [0.5, 0.6) is 0 Å². The first-order valence-electron chi connectivity index (χ1n) is 8.80. The van der Waals surface area contributed by atoms with Crippen molar-refractivity contribution in [3.8, 4) is 0 Å². The van der Waals surface area contributed by atoms with E-state index < -0.39 is 4.92 Å². The summed E-state index contributed by atoms with van der Waals surface area (Å²) in [5, 5.41) is 17.5. The minimum absolute atomic E-state index is 0.0420. The summed E-state index contributed by atoms with van der Waals surface area (Å²) in [6.45, 7) is 0.760. The third-order valence-corrected chi connectivity index (χ3v) is 5.23. The number of nitrogens with one attached hydrogen (secondary N) is 2. The number of nitro groups is 1. The zero-order valence-corrected chi connectivity index (χ0v) is 15.3. The van der Waals surface area contributed by atoms with Gasteiger partial charge in [0.15, 0.2) is 5.11 Å². The van der Waals surface area contributed by atoms with E-state index in [1.165, 1.54) is 37.1 Å². The number of hydrogen-bond donors (Lipinski definition) is 2. The third-order valence-electron chi connectivity index (χ3n) is 4.98. The Morgan fingerprint density at radius 1 is 1.15 bits per heavy atom. The zero-order valence-electron chi connectivity index (χ0n) is 14.5. The van der Waals surface area contributed by atoms with Crippen molar-refractivity contribution in [2.75, 3.05) is 11.9 Å². The van der Waals surface area contributed by atoms with Crippen LogP contribution < -0.4 is 10.6 Å². The Balaban J connectivity index is 1.63. The molecule has 1 aliphatic rings. The molecule has 0 aliphatic heterocycles. The van der Waals surface area contributed by atoms with Crippen molar-refractivity contribution in [1.82, 2.24) is 10.3 Å². The summed E-state index contributed by atoms with van der Waals surface area (Å²) in [6, 6.07) is 13.6. The van der Waals surface area contributed by atoms with Crippen molar-refractivity contribution in [3.63, 3.8) is 0 Å². The zero-order chi connectivity index (χ0) is 18.4. The minimum atomic E-state index is -0.472. The lowest BCUT2D eigenvalue weighted by Gasteiger charge is -2.38. The van der Waals surface area contributed by atoms with Crippen molar-refractivity contribution in [2.45, 2.75) is 37.5 Å².